The van der Waals surface area contributed by atoms with Crippen molar-refractivity contribution < 1.29 is 8.78 Å². The minimum absolute atomic E-state index is 0.240. The van der Waals surface area contributed by atoms with Crippen molar-refractivity contribution in [2.45, 2.75) is 6.04 Å². The van der Waals surface area contributed by atoms with E-state index in [4.69, 9.17) is 5.73 Å². The molecule has 66 valence electrons. The Morgan fingerprint density at radius 2 is 2.17 bits per heavy atom. The number of alkyl halides is 1. The lowest BCUT2D eigenvalue weighted by molar-refractivity contribution is 0.426. The Kier molecular flexibility index (Phi) is 3.39. The molecule has 4 heteroatoms. The molecule has 0 saturated heterocycles. The highest BCUT2D eigenvalue weighted by molar-refractivity contribution is 14.1. The molecule has 0 amide bonds. The zero-order valence-corrected chi connectivity index (χ0v) is 8.39. The maximum atomic E-state index is 13.0. The minimum atomic E-state index is -0.847. The molecule has 0 aliphatic rings. The first-order valence-electron chi connectivity index (χ1n) is 3.41. The zero-order chi connectivity index (χ0) is 9.14. The fourth-order valence-corrected chi connectivity index (χ4v) is 1.40. The SMILES string of the molecule is N[C@@H](CF)c1cc(I)ccc1F. The molecule has 0 fully saturated rings. The predicted octanol–water partition coefficient (Wildman–Crippen LogP) is 2.40. The molecule has 1 aromatic rings. The summed E-state index contributed by atoms with van der Waals surface area (Å²) < 4.78 is 25.9. The molecule has 12 heavy (non-hydrogen) atoms. The quantitative estimate of drug-likeness (QED) is 0.829. The van der Waals surface area contributed by atoms with Gasteiger partial charge in [0.15, 0.2) is 0 Å². The van der Waals surface area contributed by atoms with E-state index >= 15 is 0 Å². The third-order valence-electron chi connectivity index (χ3n) is 1.52. The standard InChI is InChI=1S/C8H8F2IN/c9-4-8(12)6-3-5(11)1-2-7(6)10/h1-3,8H,4,12H2/t8-/m0/s1. The Hall–Kier alpha value is -0.230. The van der Waals surface area contributed by atoms with Gasteiger partial charge in [0.1, 0.15) is 12.5 Å². The van der Waals surface area contributed by atoms with E-state index in [1.54, 1.807) is 12.1 Å². The molecule has 2 N–H and O–H groups in total. The summed E-state index contributed by atoms with van der Waals surface area (Å²) in [4.78, 5) is 0. The first-order chi connectivity index (χ1) is 5.65. The number of hydrogen-bond acceptors (Lipinski definition) is 1. The molecule has 0 heterocycles. The van der Waals surface area contributed by atoms with Crippen LogP contribution < -0.4 is 5.73 Å². The van der Waals surface area contributed by atoms with E-state index in [0.29, 0.717) is 0 Å². The minimum Gasteiger partial charge on any atom is -0.322 e. The van der Waals surface area contributed by atoms with Gasteiger partial charge in [-0.3, -0.25) is 0 Å². The van der Waals surface area contributed by atoms with Crippen LogP contribution in [0.3, 0.4) is 0 Å². The van der Waals surface area contributed by atoms with Gasteiger partial charge in [0.05, 0.1) is 6.04 Å². The van der Waals surface area contributed by atoms with Crippen LogP contribution in [0.1, 0.15) is 11.6 Å². The molecule has 0 spiro atoms. The van der Waals surface area contributed by atoms with Crippen LogP contribution >= 0.6 is 22.6 Å². The third kappa shape index (κ3) is 2.13. The molecule has 1 rings (SSSR count). The molecule has 0 aliphatic carbocycles. The summed E-state index contributed by atoms with van der Waals surface area (Å²) in [5, 5.41) is 0. The first kappa shape index (κ1) is 9.85. The van der Waals surface area contributed by atoms with Crippen LogP contribution in [0.15, 0.2) is 18.2 Å². The Morgan fingerprint density at radius 1 is 1.50 bits per heavy atom. The molecule has 1 atom stereocenters. The van der Waals surface area contributed by atoms with E-state index in [1.165, 1.54) is 6.07 Å². The topological polar surface area (TPSA) is 26.0 Å². The average Bonchev–Trinajstić information content (AvgIpc) is 2.08. The van der Waals surface area contributed by atoms with Gasteiger partial charge in [0.25, 0.3) is 0 Å². The van der Waals surface area contributed by atoms with Crippen LogP contribution in [0.5, 0.6) is 0 Å². The van der Waals surface area contributed by atoms with Crippen molar-refractivity contribution in [2.75, 3.05) is 6.67 Å². The highest BCUT2D eigenvalue weighted by Gasteiger charge is 2.10. The van der Waals surface area contributed by atoms with Gasteiger partial charge < -0.3 is 5.73 Å². The van der Waals surface area contributed by atoms with Crippen LogP contribution in [0.25, 0.3) is 0 Å². The Morgan fingerprint density at radius 3 is 2.75 bits per heavy atom. The summed E-state index contributed by atoms with van der Waals surface area (Å²) in [6, 6.07) is 3.62. The first-order valence-corrected chi connectivity index (χ1v) is 4.49. The monoisotopic (exact) mass is 283 g/mol. The summed E-state index contributed by atoms with van der Waals surface area (Å²) in [6.07, 6.45) is 0. The molecule has 1 nitrogen and oxygen atoms in total. The molecular formula is C8H8F2IN. The second kappa shape index (κ2) is 4.13. The molecule has 0 unspecified atom stereocenters. The van der Waals surface area contributed by atoms with Crippen molar-refractivity contribution >= 4 is 22.6 Å². The van der Waals surface area contributed by atoms with E-state index in [-0.39, 0.29) is 5.56 Å². The second-order valence-electron chi connectivity index (χ2n) is 2.43. The van der Waals surface area contributed by atoms with Crippen molar-refractivity contribution in [2.24, 2.45) is 5.73 Å². The Balaban J connectivity index is 3.04. The highest BCUT2D eigenvalue weighted by atomic mass is 127. The highest BCUT2D eigenvalue weighted by Crippen LogP contribution is 2.18. The summed E-state index contributed by atoms with van der Waals surface area (Å²) >= 11 is 2.03. The van der Waals surface area contributed by atoms with Gasteiger partial charge in [0.2, 0.25) is 0 Å². The van der Waals surface area contributed by atoms with Crippen LogP contribution in [0, 0.1) is 9.39 Å². The van der Waals surface area contributed by atoms with E-state index in [2.05, 4.69) is 0 Å². The normalized spacial score (nSPS) is 13.0. The number of hydrogen-bond donors (Lipinski definition) is 1. The van der Waals surface area contributed by atoms with Crippen LogP contribution in [0.4, 0.5) is 8.78 Å². The zero-order valence-electron chi connectivity index (χ0n) is 6.23. The van der Waals surface area contributed by atoms with Crippen molar-refractivity contribution in [3.05, 3.63) is 33.1 Å². The van der Waals surface area contributed by atoms with Gasteiger partial charge >= 0.3 is 0 Å². The molecule has 0 radical (unpaired) electrons. The number of halogens is 3. The van der Waals surface area contributed by atoms with Crippen molar-refractivity contribution in [3.8, 4) is 0 Å². The molecular weight excluding hydrogens is 275 g/mol. The average molecular weight is 283 g/mol. The fourth-order valence-electron chi connectivity index (χ4n) is 0.882. The molecule has 1 aromatic carbocycles. The van der Waals surface area contributed by atoms with E-state index < -0.39 is 18.5 Å². The van der Waals surface area contributed by atoms with Gasteiger partial charge in [-0.05, 0) is 40.8 Å². The lowest BCUT2D eigenvalue weighted by atomic mass is 10.1. The third-order valence-corrected chi connectivity index (χ3v) is 2.19. The summed E-state index contributed by atoms with van der Waals surface area (Å²) in [5.41, 5.74) is 5.59. The van der Waals surface area contributed by atoms with Crippen LogP contribution in [0.2, 0.25) is 0 Å². The van der Waals surface area contributed by atoms with Crippen molar-refractivity contribution in [1.29, 1.82) is 0 Å². The summed E-state index contributed by atoms with van der Waals surface area (Å²) in [5.74, 6) is -0.444. The molecule has 0 bridgehead atoms. The Bertz CT molecular complexity index is 278. The molecule has 0 aromatic heterocycles. The smallest absolute Gasteiger partial charge is 0.128 e. The lowest BCUT2D eigenvalue weighted by Crippen LogP contribution is -2.14. The van der Waals surface area contributed by atoms with Gasteiger partial charge in [0, 0.05) is 9.13 Å². The summed E-state index contributed by atoms with van der Waals surface area (Å²) in [7, 11) is 0. The number of nitrogens with two attached hydrogens (primary N) is 1. The van der Waals surface area contributed by atoms with Crippen LogP contribution in [-0.4, -0.2) is 6.67 Å². The van der Waals surface area contributed by atoms with Gasteiger partial charge in [-0.2, -0.15) is 0 Å². The maximum Gasteiger partial charge on any atom is 0.128 e. The number of rotatable bonds is 2. The second-order valence-corrected chi connectivity index (χ2v) is 3.67. The number of benzene rings is 1. The van der Waals surface area contributed by atoms with Gasteiger partial charge in [-0.15, -0.1) is 0 Å². The van der Waals surface area contributed by atoms with Gasteiger partial charge in [-0.25, -0.2) is 8.78 Å². The fraction of sp³-hybridized carbons (Fsp3) is 0.250. The van der Waals surface area contributed by atoms with Gasteiger partial charge in [-0.1, -0.05) is 0 Å². The molecule has 0 aliphatic heterocycles. The summed E-state index contributed by atoms with van der Waals surface area (Å²) in [6.45, 7) is -0.739. The van der Waals surface area contributed by atoms with Crippen LogP contribution in [-0.2, 0) is 0 Å². The van der Waals surface area contributed by atoms with Crippen molar-refractivity contribution in [3.63, 3.8) is 0 Å². The maximum absolute atomic E-state index is 13.0. The van der Waals surface area contributed by atoms with E-state index in [1.807, 2.05) is 22.6 Å². The molecule has 0 saturated carbocycles. The Labute approximate surface area is 83.1 Å². The largest absolute Gasteiger partial charge is 0.322 e. The van der Waals surface area contributed by atoms with Crippen molar-refractivity contribution in [1.82, 2.24) is 0 Å². The predicted molar refractivity (Wildman–Crippen MR) is 52.0 cm³/mol. The van der Waals surface area contributed by atoms with E-state index in [0.717, 1.165) is 3.57 Å². The lowest BCUT2D eigenvalue weighted by Gasteiger charge is -2.08. The van der Waals surface area contributed by atoms with E-state index in [9.17, 15) is 8.78 Å².